The molecule has 0 aromatic carbocycles. The molecule has 1 saturated heterocycles. The molecule has 0 bridgehead atoms. The van der Waals surface area contributed by atoms with Gasteiger partial charge in [-0.25, -0.2) is 0 Å². The summed E-state index contributed by atoms with van der Waals surface area (Å²) < 4.78 is 0. The molecule has 0 saturated carbocycles. The van der Waals surface area contributed by atoms with Crippen LogP contribution in [-0.2, 0) is 0 Å². The highest BCUT2D eigenvalue weighted by molar-refractivity contribution is 8.00. The fraction of sp³-hybridized carbons (Fsp3) is 0.545. The first-order chi connectivity index (χ1) is 8.54. The van der Waals surface area contributed by atoms with Crippen LogP contribution in [0.1, 0.15) is 16.6 Å². The summed E-state index contributed by atoms with van der Waals surface area (Å²) in [5, 5.41) is 1.70. The van der Waals surface area contributed by atoms with Crippen LogP contribution in [0.15, 0.2) is 4.90 Å². The summed E-state index contributed by atoms with van der Waals surface area (Å²) in [6, 6.07) is 0. The Kier molecular flexibility index (Phi) is 4.34. The van der Waals surface area contributed by atoms with E-state index in [9.17, 15) is 4.79 Å². The Bertz CT molecular complexity index is 461. The quantitative estimate of drug-likeness (QED) is 0.837. The first-order valence-corrected chi connectivity index (χ1v) is 8.76. The average Bonchev–Trinajstić information content (AvgIpc) is 2.66. The number of primary amides is 1. The van der Waals surface area contributed by atoms with Crippen molar-refractivity contribution in [2.24, 2.45) is 5.73 Å². The molecular formula is C11H17N3OS3. The lowest BCUT2D eigenvalue weighted by Gasteiger charge is -2.31. The van der Waals surface area contributed by atoms with Gasteiger partial charge in [-0.15, -0.1) is 23.1 Å². The van der Waals surface area contributed by atoms with E-state index >= 15 is 0 Å². The van der Waals surface area contributed by atoms with E-state index in [1.807, 2.05) is 18.0 Å². The summed E-state index contributed by atoms with van der Waals surface area (Å²) in [5.74, 6) is 0.678. The van der Waals surface area contributed by atoms with Crippen molar-refractivity contribution in [3.8, 4) is 0 Å². The van der Waals surface area contributed by atoms with Crippen LogP contribution in [-0.4, -0.2) is 36.3 Å². The van der Waals surface area contributed by atoms with Crippen LogP contribution in [0.3, 0.4) is 0 Å². The molecule has 100 valence electrons. The molecular weight excluding hydrogens is 286 g/mol. The SMILES string of the molecule is CSc1c(N2CCSC(C)C2)sc(C(N)=O)c1N. The monoisotopic (exact) mass is 303 g/mol. The second-order valence-corrected chi connectivity index (χ2v) is 7.54. The van der Waals surface area contributed by atoms with Crippen molar-refractivity contribution in [2.75, 3.05) is 35.7 Å². The summed E-state index contributed by atoms with van der Waals surface area (Å²) in [4.78, 5) is 15.2. The van der Waals surface area contributed by atoms with Gasteiger partial charge in [-0.1, -0.05) is 6.92 Å². The highest BCUT2D eigenvalue weighted by Crippen LogP contribution is 2.44. The number of thiophene rings is 1. The molecule has 0 radical (unpaired) electrons. The van der Waals surface area contributed by atoms with Crippen molar-refractivity contribution in [1.82, 2.24) is 0 Å². The third-order valence-electron chi connectivity index (χ3n) is 2.84. The van der Waals surface area contributed by atoms with E-state index in [1.165, 1.54) is 11.3 Å². The standard InChI is InChI=1S/C11H17N3OS3/c1-6-5-14(3-4-17-6)11-9(16-2)7(12)8(18-11)10(13)15/h6H,3-5,12H2,1-2H3,(H2,13,15). The van der Waals surface area contributed by atoms with Crippen molar-refractivity contribution < 1.29 is 4.79 Å². The van der Waals surface area contributed by atoms with E-state index < -0.39 is 5.91 Å². The van der Waals surface area contributed by atoms with Crippen LogP contribution in [0.5, 0.6) is 0 Å². The number of nitrogens with two attached hydrogens (primary N) is 2. The molecule has 18 heavy (non-hydrogen) atoms. The molecule has 1 unspecified atom stereocenters. The molecule has 7 heteroatoms. The van der Waals surface area contributed by atoms with E-state index in [-0.39, 0.29) is 0 Å². The Hall–Kier alpha value is -0.530. The minimum absolute atomic E-state index is 0.432. The maximum Gasteiger partial charge on any atom is 0.261 e. The summed E-state index contributed by atoms with van der Waals surface area (Å²) >= 11 is 4.99. The minimum atomic E-state index is -0.432. The van der Waals surface area contributed by atoms with E-state index in [2.05, 4.69) is 11.8 Å². The number of rotatable bonds is 3. The van der Waals surface area contributed by atoms with Crippen LogP contribution in [0.25, 0.3) is 0 Å². The lowest BCUT2D eigenvalue weighted by Crippen LogP contribution is -2.36. The van der Waals surface area contributed by atoms with Gasteiger partial charge in [0.05, 0.1) is 10.6 Å². The summed E-state index contributed by atoms with van der Waals surface area (Å²) in [6.07, 6.45) is 1.98. The number of nitrogen functional groups attached to an aromatic ring is 1. The van der Waals surface area contributed by atoms with Gasteiger partial charge in [0, 0.05) is 24.1 Å². The third-order valence-corrected chi connectivity index (χ3v) is 6.21. The Labute approximate surface area is 119 Å². The van der Waals surface area contributed by atoms with Gasteiger partial charge in [-0.3, -0.25) is 4.79 Å². The van der Waals surface area contributed by atoms with Gasteiger partial charge in [0.25, 0.3) is 5.91 Å². The molecule has 4 nitrogen and oxygen atoms in total. The van der Waals surface area contributed by atoms with Crippen molar-refractivity contribution in [1.29, 1.82) is 0 Å². The van der Waals surface area contributed by atoms with Gasteiger partial charge >= 0.3 is 0 Å². The maximum absolute atomic E-state index is 11.4. The van der Waals surface area contributed by atoms with Crippen LogP contribution < -0.4 is 16.4 Å². The zero-order valence-corrected chi connectivity index (χ0v) is 12.9. The fourth-order valence-corrected chi connectivity index (χ4v) is 5.09. The van der Waals surface area contributed by atoms with E-state index in [1.54, 1.807) is 11.8 Å². The molecule has 0 spiro atoms. The first kappa shape index (κ1) is 13.9. The summed E-state index contributed by atoms with van der Waals surface area (Å²) in [7, 11) is 0. The number of carbonyl (C=O) groups is 1. The molecule has 1 aliphatic heterocycles. The van der Waals surface area contributed by atoms with Crippen LogP contribution >= 0.6 is 34.9 Å². The van der Waals surface area contributed by atoms with Crippen LogP contribution in [0.2, 0.25) is 0 Å². The topological polar surface area (TPSA) is 72.3 Å². The highest BCUT2D eigenvalue weighted by Gasteiger charge is 2.25. The maximum atomic E-state index is 11.4. The molecule has 1 aliphatic rings. The second-order valence-electron chi connectivity index (χ2n) is 4.17. The van der Waals surface area contributed by atoms with E-state index in [4.69, 9.17) is 11.5 Å². The fourth-order valence-electron chi connectivity index (χ4n) is 2.01. The van der Waals surface area contributed by atoms with Crippen molar-refractivity contribution >= 4 is 51.5 Å². The number of amides is 1. The molecule has 1 amide bonds. The third kappa shape index (κ3) is 2.57. The molecule has 1 aromatic rings. The Morgan fingerprint density at radius 2 is 2.28 bits per heavy atom. The van der Waals surface area contributed by atoms with E-state index in [0.717, 1.165) is 28.7 Å². The summed E-state index contributed by atoms with van der Waals surface area (Å²) in [6.45, 7) is 4.22. The Morgan fingerprint density at radius 1 is 1.56 bits per heavy atom. The smallest absolute Gasteiger partial charge is 0.261 e. The van der Waals surface area contributed by atoms with Crippen LogP contribution in [0, 0.1) is 0 Å². The Balaban J connectivity index is 2.37. The van der Waals surface area contributed by atoms with Gasteiger partial charge in [0.1, 0.15) is 9.88 Å². The van der Waals surface area contributed by atoms with Gasteiger partial charge in [0.2, 0.25) is 0 Å². The van der Waals surface area contributed by atoms with Crippen molar-refractivity contribution in [3.63, 3.8) is 0 Å². The van der Waals surface area contributed by atoms with Crippen molar-refractivity contribution in [3.05, 3.63) is 4.88 Å². The first-order valence-electron chi connectivity index (χ1n) is 5.67. The molecule has 4 N–H and O–H groups in total. The average molecular weight is 303 g/mol. The molecule has 2 rings (SSSR count). The number of hydrogen-bond acceptors (Lipinski definition) is 6. The van der Waals surface area contributed by atoms with Gasteiger partial charge in [-0.2, -0.15) is 11.8 Å². The largest absolute Gasteiger partial charge is 0.396 e. The van der Waals surface area contributed by atoms with Crippen LogP contribution in [0.4, 0.5) is 10.7 Å². The number of hydrogen-bond donors (Lipinski definition) is 2. The predicted octanol–water partition coefficient (Wildman–Crippen LogP) is 2.09. The van der Waals surface area contributed by atoms with Gasteiger partial charge < -0.3 is 16.4 Å². The molecule has 2 heterocycles. The molecule has 1 atom stereocenters. The summed E-state index contributed by atoms with van der Waals surface area (Å²) in [5.41, 5.74) is 11.9. The Morgan fingerprint density at radius 3 is 2.83 bits per heavy atom. The molecule has 0 aliphatic carbocycles. The minimum Gasteiger partial charge on any atom is -0.396 e. The molecule has 1 fully saturated rings. The van der Waals surface area contributed by atoms with Crippen molar-refractivity contribution in [2.45, 2.75) is 17.1 Å². The number of anilines is 2. The normalized spacial score (nSPS) is 20.1. The lowest BCUT2D eigenvalue weighted by atomic mass is 10.3. The number of nitrogens with zero attached hydrogens (tertiary/aromatic N) is 1. The number of carbonyl (C=O) groups excluding carboxylic acids is 1. The van der Waals surface area contributed by atoms with Gasteiger partial charge in [-0.05, 0) is 6.26 Å². The lowest BCUT2D eigenvalue weighted by molar-refractivity contribution is 0.100. The highest BCUT2D eigenvalue weighted by atomic mass is 32.2. The number of thioether (sulfide) groups is 2. The zero-order chi connectivity index (χ0) is 13.3. The molecule has 1 aromatic heterocycles. The van der Waals surface area contributed by atoms with E-state index in [0.29, 0.717) is 15.8 Å². The predicted molar refractivity (Wildman–Crippen MR) is 83.2 cm³/mol. The van der Waals surface area contributed by atoms with Gasteiger partial charge in [0.15, 0.2) is 0 Å². The second kappa shape index (κ2) is 5.63. The zero-order valence-electron chi connectivity index (χ0n) is 10.4.